The number of rotatable bonds is 4. The Morgan fingerprint density at radius 3 is 2.33 bits per heavy atom. The number of thiophene rings is 1. The monoisotopic (exact) mass is 300 g/mol. The summed E-state index contributed by atoms with van der Waals surface area (Å²) in [6.45, 7) is 0. The van der Waals surface area contributed by atoms with Crippen molar-refractivity contribution < 1.29 is 14.6 Å². The third-order valence-corrected chi connectivity index (χ3v) is 4.48. The van der Waals surface area contributed by atoms with Crippen molar-refractivity contribution >= 4 is 21.4 Å². The van der Waals surface area contributed by atoms with Gasteiger partial charge in [-0.05, 0) is 34.5 Å². The van der Waals surface area contributed by atoms with Crippen LogP contribution < -0.4 is 9.47 Å². The summed E-state index contributed by atoms with van der Waals surface area (Å²) in [6, 6.07) is 13.5. The third-order valence-electron chi connectivity index (χ3n) is 3.50. The first kappa shape index (κ1) is 13.9. The van der Waals surface area contributed by atoms with E-state index in [9.17, 15) is 5.11 Å². The molecule has 21 heavy (non-hydrogen) atoms. The molecule has 0 spiro atoms. The lowest BCUT2D eigenvalue weighted by Gasteiger charge is -2.13. The van der Waals surface area contributed by atoms with Crippen LogP contribution in [0, 0.1) is 0 Å². The van der Waals surface area contributed by atoms with Gasteiger partial charge in [-0.2, -0.15) is 0 Å². The van der Waals surface area contributed by atoms with Gasteiger partial charge < -0.3 is 14.6 Å². The van der Waals surface area contributed by atoms with Crippen molar-refractivity contribution in [3.05, 3.63) is 59.0 Å². The Morgan fingerprint density at radius 1 is 1.00 bits per heavy atom. The zero-order valence-electron chi connectivity index (χ0n) is 11.9. The minimum absolute atomic E-state index is 0.669. The van der Waals surface area contributed by atoms with E-state index in [0.717, 1.165) is 16.5 Å². The lowest BCUT2D eigenvalue weighted by molar-refractivity contribution is 0.221. The predicted molar refractivity (Wildman–Crippen MR) is 85.4 cm³/mol. The van der Waals surface area contributed by atoms with Crippen LogP contribution in [0.15, 0.2) is 47.8 Å². The number of methoxy groups -OCH3 is 2. The van der Waals surface area contributed by atoms with Crippen molar-refractivity contribution in [1.29, 1.82) is 0 Å². The largest absolute Gasteiger partial charge is 0.497 e. The molecular weight excluding hydrogens is 284 g/mol. The molecule has 3 rings (SSSR count). The van der Waals surface area contributed by atoms with E-state index in [-0.39, 0.29) is 0 Å². The summed E-state index contributed by atoms with van der Waals surface area (Å²) in [7, 11) is 3.20. The Kier molecular flexibility index (Phi) is 3.82. The Morgan fingerprint density at radius 2 is 1.67 bits per heavy atom. The molecule has 0 aliphatic heterocycles. The highest BCUT2D eigenvalue weighted by Crippen LogP contribution is 2.35. The van der Waals surface area contributed by atoms with Gasteiger partial charge in [-0.1, -0.05) is 18.2 Å². The molecule has 3 nitrogen and oxygen atoms in total. The number of benzene rings is 2. The second-order valence-corrected chi connectivity index (χ2v) is 5.65. The Balaban J connectivity index is 2.07. The summed E-state index contributed by atoms with van der Waals surface area (Å²) in [6.07, 6.45) is -0.704. The third kappa shape index (κ3) is 2.60. The van der Waals surface area contributed by atoms with Crippen molar-refractivity contribution in [2.24, 2.45) is 0 Å². The fourth-order valence-electron chi connectivity index (χ4n) is 2.38. The summed E-state index contributed by atoms with van der Waals surface area (Å²) in [4.78, 5) is 0. The molecule has 1 heterocycles. The lowest BCUT2D eigenvalue weighted by atomic mass is 10.0. The van der Waals surface area contributed by atoms with Gasteiger partial charge in [-0.25, -0.2) is 0 Å². The van der Waals surface area contributed by atoms with E-state index < -0.39 is 6.10 Å². The summed E-state index contributed by atoms with van der Waals surface area (Å²) >= 11 is 1.63. The normalized spacial score (nSPS) is 12.3. The highest BCUT2D eigenvalue weighted by Gasteiger charge is 2.17. The van der Waals surface area contributed by atoms with E-state index in [4.69, 9.17) is 9.47 Å². The zero-order chi connectivity index (χ0) is 14.8. The topological polar surface area (TPSA) is 38.7 Å². The maximum absolute atomic E-state index is 10.7. The molecule has 0 aliphatic rings. The van der Waals surface area contributed by atoms with Crippen LogP contribution in [0.25, 0.3) is 10.1 Å². The molecular formula is C17H16O3S. The SMILES string of the molecule is COc1cc(OC)cc(C(O)c2csc3ccccc23)c1. The van der Waals surface area contributed by atoms with Gasteiger partial charge in [0.1, 0.15) is 17.6 Å². The van der Waals surface area contributed by atoms with Gasteiger partial charge in [0.25, 0.3) is 0 Å². The average Bonchev–Trinajstić information content (AvgIpc) is 2.97. The van der Waals surface area contributed by atoms with Crippen LogP contribution in [0.1, 0.15) is 17.2 Å². The molecule has 0 saturated heterocycles. The molecule has 0 bridgehead atoms. The molecule has 0 radical (unpaired) electrons. The highest BCUT2D eigenvalue weighted by molar-refractivity contribution is 7.17. The summed E-state index contributed by atoms with van der Waals surface area (Å²) in [5, 5.41) is 13.8. The summed E-state index contributed by atoms with van der Waals surface area (Å²) in [5.41, 5.74) is 1.67. The molecule has 1 atom stereocenters. The Bertz CT molecular complexity index is 741. The lowest BCUT2D eigenvalue weighted by Crippen LogP contribution is -2.00. The molecule has 0 saturated carbocycles. The molecule has 1 aromatic heterocycles. The van der Waals surface area contributed by atoms with Gasteiger partial charge in [0.05, 0.1) is 14.2 Å². The van der Waals surface area contributed by atoms with Crippen LogP contribution >= 0.6 is 11.3 Å². The van der Waals surface area contributed by atoms with Crippen LogP contribution in [-0.4, -0.2) is 19.3 Å². The van der Waals surface area contributed by atoms with Crippen LogP contribution in [0.4, 0.5) is 0 Å². The van der Waals surface area contributed by atoms with Crippen molar-refractivity contribution in [2.75, 3.05) is 14.2 Å². The van der Waals surface area contributed by atoms with E-state index in [0.29, 0.717) is 11.5 Å². The smallest absolute Gasteiger partial charge is 0.122 e. The van der Waals surface area contributed by atoms with Crippen LogP contribution in [0.3, 0.4) is 0 Å². The minimum atomic E-state index is -0.704. The molecule has 2 aromatic carbocycles. The second-order valence-electron chi connectivity index (χ2n) is 4.74. The Hall–Kier alpha value is -2.04. The molecule has 108 valence electrons. The molecule has 0 amide bonds. The standard InChI is InChI=1S/C17H16O3S/c1-19-12-7-11(8-13(9-12)20-2)17(18)15-10-21-16-6-4-3-5-14(15)16/h3-10,17-18H,1-2H3. The summed E-state index contributed by atoms with van der Waals surface area (Å²) < 4.78 is 11.7. The number of aliphatic hydroxyl groups excluding tert-OH is 1. The van der Waals surface area contributed by atoms with Gasteiger partial charge in [-0.3, -0.25) is 0 Å². The van der Waals surface area contributed by atoms with E-state index in [2.05, 4.69) is 6.07 Å². The van der Waals surface area contributed by atoms with Gasteiger partial charge in [0, 0.05) is 16.3 Å². The Labute approximate surface area is 127 Å². The van der Waals surface area contributed by atoms with Gasteiger partial charge >= 0.3 is 0 Å². The van der Waals surface area contributed by atoms with Crippen LogP contribution in [-0.2, 0) is 0 Å². The van der Waals surface area contributed by atoms with Crippen molar-refractivity contribution in [3.8, 4) is 11.5 Å². The van der Waals surface area contributed by atoms with E-state index in [1.807, 2.05) is 35.7 Å². The van der Waals surface area contributed by atoms with Crippen LogP contribution in [0.2, 0.25) is 0 Å². The fourth-order valence-corrected chi connectivity index (χ4v) is 3.36. The van der Waals surface area contributed by atoms with E-state index in [1.54, 1.807) is 31.6 Å². The maximum Gasteiger partial charge on any atom is 0.122 e. The molecule has 4 heteroatoms. The number of ether oxygens (including phenoxy) is 2. The molecule has 1 N–H and O–H groups in total. The number of fused-ring (bicyclic) bond motifs is 1. The highest BCUT2D eigenvalue weighted by atomic mass is 32.1. The first-order chi connectivity index (χ1) is 10.2. The predicted octanol–water partition coefficient (Wildman–Crippen LogP) is 4.00. The number of hydrogen-bond acceptors (Lipinski definition) is 4. The first-order valence-corrected chi connectivity index (χ1v) is 7.48. The van der Waals surface area contributed by atoms with Crippen molar-refractivity contribution in [2.45, 2.75) is 6.10 Å². The molecule has 0 fully saturated rings. The van der Waals surface area contributed by atoms with E-state index in [1.165, 1.54) is 4.70 Å². The van der Waals surface area contributed by atoms with Crippen LogP contribution in [0.5, 0.6) is 11.5 Å². The van der Waals surface area contributed by atoms with Gasteiger partial charge in [-0.15, -0.1) is 11.3 Å². The average molecular weight is 300 g/mol. The van der Waals surface area contributed by atoms with Gasteiger partial charge in [0.2, 0.25) is 0 Å². The molecule has 3 aromatic rings. The van der Waals surface area contributed by atoms with Crippen molar-refractivity contribution in [3.63, 3.8) is 0 Å². The quantitative estimate of drug-likeness (QED) is 0.791. The zero-order valence-corrected chi connectivity index (χ0v) is 12.7. The first-order valence-electron chi connectivity index (χ1n) is 6.60. The van der Waals surface area contributed by atoms with Gasteiger partial charge in [0.15, 0.2) is 0 Å². The second kappa shape index (κ2) is 5.76. The molecule has 0 aliphatic carbocycles. The number of hydrogen-bond donors (Lipinski definition) is 1. The minimum Gasteiger partial charge on any atom is -0.497 e. The molecule has 1 unspecified atom stereocenters. The summed E-state index contributed by atoms with van der Waals surface area (Å²) in [5.74, 6) is 1.34. The fraction of sp³-hybridized carbons (Fsp3) is 0.176. The van der Waals surface area contributed by atoms with E-state index >= 15 is 0 Å². The maximum atomic E-state index is 10.7. The van der Waals surface area contributed by atoms with Crippen molar-refractivity contribution in [1.82, 2.24) is 0 Å². The number of aliphatic hydroxyl groups is 1.